The molecule has 6 aromatic rings. The Morgan fingerprint density at radius 2 is 2.00 bits per heavy atom. The number of hydrogen-bond donors (Lipinski definition) is 2. The van der Waals surface area contributed by atoms with E-state index in [2.05, 4.69) is 30.2 Å². The molecule has 0 aliphatic rings. The van der Waals surface area contributed by atoms with Gasteiger partial charge in [-0.2, -0.15) is 10.2 Å². The fourth-order valence-corrected chi connectivity index (χ4v) is 3.47. The fraction of sp³-hybridized carbons (Fsp3) is 0.0500. The summed E-state index contributed by atoms with van der Waals surface area (Å²) < 4.78 is 6.95. The molecule has 9 heteroatoms. The third-order valence-electron chi connectivity index (χ3n) is 4.87. The number of aromatic amines is 2. The Balaban J connectivity index is 1.53. The van der Waals surface area contributed by atoms with E-state index in [9.17, 15) is 0 Å². The zero-order valence-electron chi connectivity index (χ0n) is 15.3. The highest BCUT2D eigenvalue weighted by atomic mass is 16.3. The molecule has 6 rings (SSSR count). The van der Waals surface area contributed by atoms with E-state index in [-0.39, 0.29) is 0 Å². The summed E-state index contributed by atoms with van der Waals surface area (Å²) in [5.74, 6) is 0.660. The lowest BCUT2D eigenvalue weighted by atomic mass is 10.1. The number of aromatic nitrogens is 8. The standard InChI is InChI=1S/C20H14N8O/c1-28-9-12(7-23-28)15-6-13-16(8-22-15)26-27-18(13)20-24-14-2-4-21-17(19(14)25-20)11-3-5-29-10-11/h2-10H,1H3,(H,24,25)(H,26,27). The Morgan fingerprint density at radius 1 is 1.03 bits per heavy atom. The Labute approximate surface area is 163 Å². The summed E-state index contributed by atoms with van der Waals surface area (Å²) in [4.78, 5) is 17.1. The Morgan fingerprint density at radius 3 is 2.83 bits per heavy atom. The number of rotatable bonds is 3. The lowest BCUT2D eigenvalue weighted by molar-refractivity contribution is 0.568. The number of nitrogens with one attached hydrogen (secondary N) is 2. The molecule has 9 nitrogen and oxygen atoms in total. The van der Waals surface area contributed by atoms with Crippen molar-refractivity contribution in [3.63, 3.8) is 0 Å². The number of pyridine rings is 2. The SMILES string of the molecule is Cn1cc(-c2cc3c(-c4nc5c(-c6ccoc6)nccc5[nH]4)n[nH]c3cn2)cn1. The van der Waals surface area contributed by atoms with Crippen LogP contribution in [0.4, 0.5) is 0 Å². The molecule has 0 unspecified atom stereocenters. The van der Waals surface area contributed by atoms with Crippen molar-refractivity contribution in [2.45, 2.75) is 0 Å². The summed E-state index contributed by atoms with van der Waals surface area (Å²) in [6, 6.07) is 5.76. The molecule has 0 aromatic carbocycles. The maximum absolute atomic E-state index is 5.20. The molecule has 0 spiro atoms. The molecule has 140 valence electrons. The van der Waals surface area contributed by atoms with Gasteiger partial charge in [-0.3, -0.25) is 19.7 Å². The summed E-state index contributed by atoms with van der Waals surface area (Å²) in [6.45, 7) is 0. The van der Waals surface area contributed by atoms with Crippen LogP contribution in [-0.4, -0.2) is 39.9 Å². The van der Waals surface area contributed by atoms with Gasteiger partial charge >= 0.3 is 0 Å². The maximum Gasteiger partial charge on any atom is 0.159 e. The van der Waals surface area contributed by atoms with Crippen molar-refractivity contribution < 1.29 is 4.42 Å². The van der Waals surface area contributed by atoms with Crippen molar-refractivity contribution in [1.82, 2.24) is 39.9 Å². The molecule has 0 saturated heterocycles. The fourth-order valence-electron chi connectivity index (χ4n) is 3.47. The van der Waals surface area contributed by atoms with Crippen molar-refractivity contribution in [3.05, 3.63) is 55.5 Å². The molecule has 0 amide bonds. The van der Waals surface area contributed by atoms with E-state index in [0.29, 0.717) is 5.82 Å². The Hall–Kier alpha value is -4.27. The van der Waals surface area contributed by atoms with Crippen molar-refractivity contribution in [1.29, 1.82) is 0 Å². The molecule has 0 atom stereocenters. The van der Waals surface area contributed by atoms with Crippen LogP contribution in [0.2, 0.25) is 0 Å². The topological polar surface area (TPSA) is 114 Å². The number of nitrogens with zero attached hydrogens (tertiary/aromatic N) is 6. The van der Waals surface area contributed by atoms with Crippen LogP contribution in [0, 0.1) is 0 Å². The molecule has 0 saturated carbocycles. The van der Waals surface area contributed by atoms with Gasteiger partial charge in [-0.05, 0) is 18.2 Å². The van der Waals surface area contributed by atoms with E-state index >= 15 is 0 Å². The van der Waals surface area contributed by atoms with Crippen LogP contribution in [0.15, 0.2) is 59.9 Å². The van der Waals surface area contributed by atoms with Gasteiger partial charge in [0, 0.05) is 36.0 Å². The second kappa shape index (κ2) is 5.86. The molecule has 0 bridgehead atoms. The van der Waals surface area contributed by atoms with Crippen LogP contribution in [0.25, 0.3) is 56.0 Å². The van der Waals surface area contributed by atoms with Gasteiger partial charge < -0.3 is 9.40 Å². The van der Waals surface area contributed by atoms with E-state index < -0.39 is 0 Å². The van der Waals surface area contributed by atoms with Gasteiger partial charge in [0.05, 0.1) is 41.6 Å². The molecule has 0 aliphatic heterocycles. The average Bonchev–Trinajstić information content (AvgIpc) is 3.51. The van der Waals surface area contributed by atoms with Crippen LogP contribution in [0.3, 0.4) is 0 Å². The molecule has 6 heterocycles. The van der Waals surface area contributed by atoms with Crippen molar-refractivity contribution in [3.8, 4) is 34.0 Å². The second-order valence-electron chi connectivity index (χ2n) is 6.74. The zero-order chi connectivity index (χ0) is 19.4. The first-order valence-electron chi connectivity index (χ1n) is 8.97. The quantitative estimate of drug-likeness (QED) is 0.484. The highest BCUT2D eigenvalue weighted by Crippen LogP contribution is 2.31. The number of fused-ring (bicyclic) bond motifs is 2. The third-order valence-corrected chi connectivity index (χ3v) is 4.87. The van der Waals surface area contributed by atoms with Crippen LogP contribution in [0.5, 0.6) is 0 Å². The number of hydrogen-bond acceptors (Lipinski definition) is 6. The van der Waals surface area contributed by atoms with Gasteiger partial charge in [0.2, 0.25) is 0 Å². The first kappa shape index (κ1) is 15.8. The van der Waals surface area contributed by atoms with Crippen molar-refractivity contribution >= 4 is 21.9 Å². The van der Waals surface area contributed by atoms with Crippen molar-refractivity contribution in [2.75, 3.05) is 0 Å². The number of H-pyrrole nitrogens is 2. The predicted octanol–water partition coefficient (Wildman–Crippen LogP) is 3.56. The minimum Gasteiger partial charge on any atom is -0.472 e. The monoisotopic (exact) mass is 382 g/mol. The lowest BCUT2D eigenvalue weighted by Crippen LogP contribution is -1.85. The summed E-state index contributed by atoms with van der Waals surface area (Å²) in [7, 11) is 1.88. The van der Waals surface area contributed by atoms with Gasteiger partial charge in [0.1, 0.15) is 16.9 Å². The number of imidazole rings is 1. The van der Waals surface area contributed by atoms with E-state index in [1.807, 2.05) is 31.4 Å². The highest BCUT2D eigenvalue weighted by Gasteiger charge is 2.17. The largest absolute Gasteiger partial charge is 0.472 e. The third kappa shape index (κ3) is 2.44. The van der Waals surface area contributed by atoms with Crippen LogP contribution in [-0.2, 0) is 7.05 Å². The Kier molecular flexibility index (Phi) is 3.19. The van der Waals surface area contributed by atoms with Crippen molar-refractivity contribution in [2.24, 2.45) is 7.05 Å². The molecule has 2 N–H and O–H groups in total. The van der Waals surface area contributed by atoms with E-state index in [4.69, 9.17) is 9.40 Å². The van der Waals surface area contributed by atoms with E-state index in [0.717, 1.165) is 50.1 Å². The van der Waals surface area contributed by atoms with Gasteiger partial charge in [0.15, 0.2) is 5.82 Å². The van der Waals surface area contributed by atoms with Crippen LogP contribution >= 0.6 is 0 Å². The number of aryl methyl sites for hydroxylation is 1. The minimum atomic E-state index is 0.660. The normalized spacial score (nSPS) is 11.6. The molecule has 29 heavy (non-hydrogen) atoms. The highest BCUT2D eigenvalue weighted by molar-refractivity contribution is 5.96. The van der Waals surface area contributed by atoms with Crippen LogP contribution < -0.4 is 0 Å². The van der Waals surface area contributed by atoms with E-state index in [1.54, 1.807) is 35.8 Å². The average molecular weight is 382 g/mol. The van der Waals surface area contributed by atoms with E-state index in [1.165, 1.54) is 0 Å². The lowest BCUT2D eigenvalue weighted by Gasteiger charge is -1.98. The summed E-state index contributed by atoms with van der Waals surface area (Å²) in [5, 5.41) is 12.7. The molecule has 0 radical (unpaired) electrons. The molecule has 0 aliphatic carbocycles. The molecule has 0 fully saturated rings. The first-order valence-corrected chi connectivity index (χ1v) is 8.97. The summed E-state index contributed by atoms with van der Waals surface area (Å²) in [5.41, 5.74) is 6.61. The Bertz CT molecular complexity index is 1470. The van der Waals surface area contributed by atoms with Gasteiger partial charge in [-0.25, -0.2) is 4.98 Å². The minimum absolute atomic E-state index is 0.660. The molecule has 6 aromatic heterocycles. The summed E-state index contributed by atoms with van der Waals surface area (Å²) >= 11 is 0. The van der Waals surface area contributed by atoms with Crippen LogP contribution in [0.1, 0.15) is 0 Å². The second-order valence-corrected chi connectivity index (χ2v) is 6.74. The molecular formula is C20H14N8O. The first-order chi connectivity index (χ1) is 14.3. The molecular weight excluding hydrogens is 368 g/mol. The predicted molar refractivity (Wildman–Crippen MR) is 107 cm³/mol. The number of furan rings is 1. The van der Waals surface area contributed by atoms with Gasteiger partial charge in [-0.15, -0.1) is 0 Å². The smallest absolute Gasteiger partial charge is 0.159 e. The van der Waals surface area contributed by atoms with Gasteiger partial charge in [-0.1, -0.05) is 0 Å². The zero-order valence-corrected chi connectivity index (χ0v) is 15.3. The van der Waals surface area contributed by atoms with Gasteiger partial charge in [0.25, 0.3) is 0 Å². The summed E-state index contributed by atoms with van der Waals surface area (Å²) in [6.07, 6.45) is 10.5. The maximum atomic E-state index is 5.20.